The maximum absolute atomic E-state index is 12.3. The maximum atomic E-state index is 12.3. The molecule has 3 N–H and O–H groups in total. The molecular formula is C14H17N5O. The molecule has 0 radical (unpaired) electrons. The molecule has 104 valence electrons. The number of aromatic nitrogens is 3. The van der Waals surface area contributed by atoms with E-state index in [-0.39, 0.29) is 18.0 Å². The van der Waals surface area contributed by atoms with Gasteiger partial charge in [0.25, 0.3) is 5.91 Å². The third-order valence-electron chi connectivity index (χ3n) is 3.59. The highest BCUT2D eigenvalue weighted by Crippen LogP contribution is 2.18. The van der Waals surface area contributed by atoms with Gasteiger partial charge in [-0.1, -0.05) is 23.4 Å². The summed E-state index contributed by atoms with van der Waals surface area (Å²) in [5.41, 5.74) is 7.12. The Balaban J connectivity index is 1.78. The lowest BCUT2D eigenvalue weighted by molar-refractivity contribution is 0.0930. The van der Waals surface area contributed by atoms with Crippen LogP contribution in [0.15, 0.2) is 36.5 Å². The smallest absolute Gasteiger partial charge is 0.271 e. The van der Waals surface area contributed by atoms with Crippen LogP contribution in [-0.4, -0.2) is 33.0 Å². The Morgan fingerprint density at radius 2 is 2.10 bits per heavy atom. The monoisotopic (exact) mass is 271 g/mol. The largest absolute Gasteiger partial charge is 0.348 e. The van der Waals surface area contributed by atoms with Crippen molar-refractivity contribution in [2.75, 3.05) is 0 Å². The van der Waals surface area contributed by atoms with E-state index in [2.05, 4.69) is 15.6 Å². The quantitative estimate of drug-likeness (QED) is 0.867. The lowest BCUT2D eigenvalue weighted by atomic mass is 10.2. The van der Waals surface area contributed by atoms with Crippen LogP contribution in [0.1, 0.15) is 29.8 Å². The number of carbonyl (C=O) groups is 1. The number of nitrogens with zero attached hydrogens (tertiary/aromatic N) is 3. The number of carbonyl (C=O) groups excluding carboxylic acids is 1. The van der Waals surface area contributed by atoms with Gasteiger partial charge in [-0.3, -0.25) is 4.79 Å². The van der Waals surface area contributed by atoms with Gasteiger partial charge in [-0.05, 0) is 31.4 Å². The molecule has 0 aliphatic heterocycles. The fourth-order valence-corrected chi connectivity index (χ4v) is 2.56. The Morgan fingerprint density at radius 1 is 1.30 bits per heavy atom. The Hall–Kier alpha value is -2.21. The highest BCUT2D eigenvalue weighted by molar-refractivity contribution is 5.93. The normalized spacial score (nSPS) is 21.9. The average Bonchev–Trinajstić information content (AvgIpc) is 3.09. The van der Waals surface area contributed by atoms with Gasteiger partial charge in [-0.25, -0.2) is 4.68 Å². The first kappa shape index (κ1) is 12.8. The van der Waals surface area contributed by atoms with Gasteiger partial charge in [0.05, 0.1) is 11.9 Å². The first-order chi connectivity index (χ1) is 9.74. The molecule has 2 atom stereocenters. The highest BCUT2D eigenvalue weighted by Gasteiger charge is 2.25. The van der Waals surface area contributed by atoms with Crippen LogP contribution < -0.4 is 11.1 Å². The zero-order chi connectivity index (χ0) is 13.9. The SMILES string of the molecule is N[C@@H]1CC[C@@H](NC(=O)c2cnnn2-c2ccccc2)C1. The van der Waals surface area contributed by atoms with Crippen molar-refractivity contribution in [3.05, 3.63) is 42.2 Å². The summed E-state index contributed by atoms with van der Waals surface area (Å²) in [4.78, 5) is 12.3. The molecule has 0 unspecified atom stereocenters. The molecule has 0 saturated heterocycles. The molecule has 6 heteroatoms. The predicted molar refractivity (Wildman–Crippen MR) is 74.4 cm³/mol. The fraction of sp³-hybridized carbons (Fsp3) is 0.357. The second-order valence-electron chi connectivity index (χ2n) is 5.11. The van der Waals surface area contributed by atoms with Gasteiger partial charge in [0.15, 0.2) is 5.69 Å². The summed E-state index contributed by atoms with van der Waals surface area (Å²) in [6.45, 7) is 0. The van der Waals surface area contributed by atoms with E-state index in [1.54, 1.807) is 4.68 Å². The Kier molecular flexibility index (Phi) is 3.47. The van der Waals surface area contributed by atoms with Crippen molar-refractivity contribution in [1.82, 2.24) is 20.3 Å². The van der Waals surface area contributed by atoms with Gasteiger partial charge in [-0.15, -0.1) is 5.10 Å². The minimum absolute atomic E-state index is 0.150. The second-order valence-corrected chi connectivity index (χ2v) is 5.11. The number of nitrogens with one attached hydrogen (secondary N) is 1. The second kappa shape index (κ2) is 5.42. The third kappa shape index (κ3) is 2.55. The van der Waals surface area contributed by atoms with E-state index >= 15 is 0 Å². The van der Waals surface area contributed by atoms with E-state index in [1.807, 2.05) is 30.3 Å². The van der Waals surface area contributed by atoms with Crippen LogP contribution in [0.4, 0.5) is 0 Å². The van der Waals surface area contributed by atoms with Crippen molar-refractivity contribution in [3.63, 3.8) is 0 Å². The topological polar surface area (TPSA) is 85.8 Å². The minimum atomic E-state index is -0.155. The third-order valence-corrected chi connectivity index (χ3v) is 3.59. The molecule has 0 spiro atoms. The summed E-state index contributed by atoms with van der Waals surface area (Å²) < 4.78 is 1.55. The Labute approximate surface area is 117 Å². The summed E-state index contributed by atoms with van der Waals surface area (Å²) >= 11 is 0. The standard InChI is InChI=1S/C14H17N5O/c15-10-6-7-11(8-10)17-14(20)13-9-16-18-19(13)12-4-2-1-3-5-12/h1-5,9-11H,6-8,15H2,(H,17,20)/t10-,11-/m1/s1. The van der Waals surface area contributed by atoms with Crippen molar-refractivity contribution in [2.45, 2.75) is 31.3 Å². The van der Waals surface area contributed by atoms with E-state index in [1.165, 1.54) is 6.20 Å². The van der Waals surface area contributed by atoms with Crippen LogP contribution in [0, 0.1) is 0 Å². The molecule has 1 aromatic heterocycles. The van der Waals surface area contributed by atoms with Crippen LogP contribution in [0.3, 0.4) is 0 Å². The van der Waals surface area contributed by atoms with Gasteiger partial charge in [0.2, 0.25) is 0 Å². The molecule has 20 heavy (non-hydrogen) atoms. The first-order valence-electron chi connectivity index (χ1n) is 6.76. The molecule has 6 nitrogen and oxygen atoms in total. The maximum Gasteiger partial charge on any atom is 0.271 e. The van der Waals surface area contributed by atoms with Crippen molar-refractivity contribution < 1.29 is 4.79 Å². The molecule has 3 rings (SSSR count). The van der Waals surface area contributed by atoms with Crippen LogP contribution in [0.5, 0.6) is 0 Å². The van der Waals surface area contributed by atoms with E-state index in [9.17, 15) is 4.79 Å². The lowest BCUT2D eigenvalue weighted by Crippen LogP contribution is -2.35. The van der Waals surface area contributed by atoms with Gasteiger partial charge in [0.1, 0.15) is 0 Å². The van der Waals surface area contributed by atoms with Crippen LogP contribution >= 0.6 is 0 Å². The molecule has 1 aliphatic carbocycles. The molecule has 1 heterocycles. The van der Waals surface area contributed by atoms with Crippen LogP contribution in [-0.2, 0) is 0 Å². The zero-order valence-electron chi connectivity index (χ0n) is 11.1. The van der Waals surface area contributed by atoms with Crippen LogP contribution in [0.2, 0.25) is 0 Å². The van der Waals surface area contributed by atoms with E-state index in [4.69, 9.17) is 5.73 Å². The molecule has 1 saturated carbocycles. The molecule has 1 fully saturated rings. The molecule has 1 amide bonds. The van der Waals surface area contributed by atoms with Gasteiger partial charge in [-0.2, -0.15) is 0 Å². The fourth-order valence-electron chi connectivity index (χ4n) is 2.56. The summed E-state index contributed by atoms with van der Waals surface area (Å²) in [6.07, 6.45) is 4.21. The van der Waals surface area contributed by atoms with Crippen molar-refractivity contribution in [3.8, 4) is 5.69 Å². The number of amides is 1. The highest BCUT2D eigenvalue weighted by atomic mass is 16.2. The molecular weight excluding hydrogens is 254 g/mol. The first-order valence-corrected chi connectivity index (χ1v) is 6.76. The molecule has 1 aromatic carbocycles. The summed E-state index contributed by atoms with van der Waals surface area (Å²) in [5, 5.41) is 10.8. The Bertz CT molecular complexity index is 595. The van der Waals surface area contributed by atoms with E-state index < -0.39 is 0 Å². The minimum Gasteiger partial charge on any atom is -0.348 e. The number of benzene rings is 1. The zero-order valence-corrected chi connectivity index (χ0v) is 11.1. The number of para-hydroxylation sites is 1. The molecule has 2 aromatic rings. The number of nitrogens with two attached hydrogens (primary N) is 1. The van der Waals surface area contributed by atoms with Crippen molar-refractivity contribution in [1.29, 1.82) is 0 Å². The van der Waals surface area contributed by atoms with Gasteiger partial charge in [0, 0.05) is 12.1 Å². The van der Waals surface area contributed by atoms with Gasteiger partial charge < -0.3 is 11.1 Å². The summed E-state index contributed by atoms with van der Waals surface area (Å²) in [7, 11) is 0. The van der Waals surface area contributed by atoms with E-state index in [0.29, 0.717) is 5.69 Å². The number of hydrogen-bond acceptors (Lipinski definition) is 4. The van der Waals surface area contributed by atoms with Gasteiger partial charge >= 0.3 is 0 Å². The molecule has 0 bridgehead atoms. The summed E-state index contributed by atoms with van der Waals surface area (Å²) in [6, 6.07) is 9.83. The number of hydrogen-bond donors (Lipinski definition) is 2. The lowest BCUT2D eigenvalue weighted by Gasteiger charge is -2.12. The molecule has 1 aliphatic rings. The predicted octanol–water partition coefficient (Wildman–Crippen LogP) is 0.877. The average molecular weight is 271 g/mol. The van der Waals surface area contributed by atoms with E-state index in [0.717, 1.165) is 24.9 Å². The Morgan fingerprint density at radius 3 is 2.80 bits per heavy atom. The summed E-state index contributed by atoms with van der Waals surface area (Å²) in [5.74, 6) is -0.155. The number of rotatable bonds is 3. The van der Waals surface area contributed by atoms with Crippen molar-refractivity contribution in [2.24, 2.45) is 5.73 Å². The van der Waals surface area contributed by atoms with Crippen LogP contribution in [0.25, 0.3) is 5.69 Å². The van der Waals surface area contributed by atoms with Crippen molar-refractivity contribution >= 4 is 5.91 Å².